The Morgan fingerprint density at radius 3 is 3.00 bits per heavy atom. The van der Waals surface area contributed by atoms with E-state index in [1.807, 2.05) is 6.07 Å². The minimum absolute atomic E-state index is 0.570. The Hall–Kier alpha value is -2.17. The highest BCUT2D eigenvalue weighted by Crippen LogP contribution is 2.32. The van der Waals surface area contributed by atoms with Gasteiger partial charge in [0, 0.05) is 18.8 Å². The molecule has 20 heavy (non-hydrogen) atoms. The van der Waals surface area contributed by atoms with Gasteiger partial charge in [-0.05, 0) is 24.0 Å². The first-order valence-electron chi connectivity index (χ1n) is 7.03. The summed E-state index contributed by atoms with van der Waals surface area (Å²) in [7, 11) is 0. The lowest BCUT2D eigenvalue weighted by atomic mass is 10.2. The molecule has 0 radical (unpaired) electrons. The van der Waals surface area contributed by atoms with Crippen LogP contribution in [0.1, 0.15) is 19.4 Å². The van der Waals surface area contributed by atoms with Crippen LogP contribution in [0.15, 0.2) is 30.5 Å². The molecular formula is C15H19N5. The van der Waals surface area contributed by atoms with E-state index in [0.717, 1.165) is 25.3 Å². The van der Waals surface area contributed by atoms with Crippen LogP contribution in [0.5, 0.6) is 0 Å². The number of fused-ring (bicyclic) bond motifs is 1. The summed E-state index contributed by atoms with van der Waals surface area (Å²) >= 11 is 0. The fourth-order valence-electron chi connectivity index (χ4n) is 2.35. The normalized spacial score (nSPS) is 13.7. The third-order valence-corrected chi connectivity index (χ3v) is 3.37. The Morgan fingerprint density at radius 2 is 2.15 bits per heavy atom. The maximum absolute atomic E-state index is 4.57. The van der Waals surface area contributed by atoms with Gasteiger partial charge in [0.1, 0.15) is 0 Å². The van der Waals surface area contributed by atoms with Crippen molar-refractivity contribution >= 4 is 17.5 Å². The molecule has 1 aromatic heterocycles. The van der Waals surface area contributed by atoms with Crippen molar-refractivity contribution in [3.63, 3.8) is 0 Å². The number of nitrogens with zero attached hydrogens (tertiary/aromatic N) is 4. The number of nitrogens with one attached hydrogen (secondary N) is 1. The number of para-hydroxylation sites is 1. The second-order valence-corrected chi connectivity index (χ2v) is 5.45. The topological polar surface area (TPSA) is 53.9 Å². The van der Waals surface area contributed by atoms with Gasteiger partial charge in [0.2, 0.25) is 0 Å². The van der Waals surface area contributed by atoms with Crippen LogP contribution in [0.25, 0.3) is 0 Å². The van der Waals surface area contributed by atoms with E-state index in [-0.39, 0.29) is 0 Å². The highest BCUT2D eigenvalue weighted by Gasteiger charge is 2.22. The molecule has 3 rings (SSSR count). The molecule has 5 nitrogen and oxygen atoms in total. The predicted molar refractivity (Wildman–Crippen MR) is 80.3 cm³/mol. The summed E-state index contributed by atoms with van der Waals surface area (Å²) in [6.45, 7) is 6.13. The molecular weight excluding hydrogens is 250 g/mol. The molecule has 0 saturated carbocycles. The van der Waals surface area contributed by atoms with Crippen molar-refractivity contribution < 1.29 is 0 Å². The van der Waals surface area contributed by atoms with Gasteiger partial charge in [-0.2, -0.15) is 10.1 Å². The fourth-order valence-corrected chi connectivity index (χ4v) is 2.35. The third kappa shape index (κ3) is 2.57. The summed E-state index contributed by atoms with van der Waals surface area (Å²) in [6, 6.07) is 8.39. The summed E-state index contributed by atoms with van der Waals surface area (Å²) in [5, 5.41) is 11.5. The molecule has 0 saturated heterocycles. The Labute approximate surface area is 119 Å². The van der Waals surface area contributed by atoms with E-state index in [1.54, 1.807) is 6.20 Å². The highest BCUT2D eigenvalue weighted by molar-refractivity contribution is 5.65. The van der Waals surface area contributed by atoms with Crippen molar-refractivity contribution in [2.45, 2.75) is 20.3 Å². The lowest BCUT2D eigenvalue weighted by Crippen LogP contribution is -2.18. The molecule has 1 aliphatic heterocycles. The van der Waals surface area contributed by atoms with Gasteiger partial charge in [0.25, 0.3) is 5.95 Å². The molecule has 104 valence electrons. The van der Waals surface area contributed by atoms with Crippen molar-refractivity contribution in [3.8, 4) is 0 Å². The minimum Gasteiger partial charge on any atom is -0.368 e. The van der Waals surface area contributed by atoms with Crippen molar-refractivity contribution in [1.29, 1.82) is 0 Å². The van der Waals surface area contributed by atoms with Crippen LogP contribution in [0.4, 0.5) is 17.5 Å². The minimum atomic E-state index is 0.570. The molecule has 0 bridgehead atoms. The van der Waals surface area contributed by atoms with E-state index in [4.69, 9.17) is 0 Å². The zero-order valence-electron chi connectivity index (χ0n) is 11.9. The van der Waals surface area contributed by atoms with Crippen LogP contribution in [-0.4, -0.2) is 28.3 Å². The van der Waals surface area contributed by atoms with E-state index in [1.165, 1.54) is 11.3 Å². The molecule has 0 fully saturated rings. The second kappa shape index (κ2) is 5.45. The molecule has 0 aliphatic carbocycles. The fraction of sp³-hybridized carbons (Fsp3) is 0.400. The van der Waals surface area contributed by atoms with Crippen molar-refractivity contribution in [2.75, 3.05) is 23.3 Å². The van der Waals surface area contributed by atoms with Gasteiger partial charge in [0.05, 0.1) is 6.20 Å². The molecule has 1 aromatic carbocycles. The molecule has 1 N–H and O–H groups in total. The highest BCUT2D eigenvalue weighted by atomic mass is 15.3. The predicted octanol–water partition coefficient (Wildman–Crippen LogP) is 2.63. The number of rotatable bonds is 4. The van der Waals surface area contributed by atoms with Gasteiger partial charge in [-0.15, -0.1) is 5.10 Å². The van der Waals surface area contributed by atoms with Gasteiger partial charge in [-0.1, -0.05) is 32.0 Å². The first-order valence-corrected chi connectivity index (χ1v) is 7.03. The van der Waals surface area contributed by atoms with E-state index >= 15 is 0 Å². The van der Waals surface area contributed by atoms with E-state index < -0.39 is 0 Å². The first kappa shape index (κ1) is 12.8. The van der Waals surface area contributed by atoms with E-state index in [9.17, 15) is 0 Å². The van der Waals surface area contributed by atoms with E-state index in [2.05, 4.69) is 57.4 Å². The van der Waals surface area contributed by atoms with Gasteiger partial charge in [0.15, 0.2) is 5.82 Å². The lowest BCUT2D eigenvalue weighted by Gasteiger charge is -2.17. The molecule has 2 heterocycles. The summed E-state index contributed by atoms with van der Waals surface area (Å²) in [6.07, 6.45) is 2.71. The quantitative estimate of drug-likeness (QED) is 0.924. The van der Waals surface area contributed by atoms with Crippen molar-refractivity contribution in [1.82, 2.24) is 15.2 Å². The molecule has 0 unspecified atom stereocenters. The van der Waals surface area contributed by atoms with Crippen LogP contribution >= 0.6 is 0 Å². The maximum atomic E-state index is 4.57. The summed E-state index contributed by atoms with van der Waals surface area (Å²) < 4.78 is 0. The van der Waals surface area contributed by atoms with Gasteiger partial charge < -0.3 is 10.2 Å². The zero-order valence-corrected chi connectivity index (χ0v) is 11.9. The molecule has 0 amide bonds. The third-order valence-electron chi connectivity index (χ3n) is 3.37. The van der Waals surface area contributed by atoms with Crippen LogP contribution in [0, 0.1) is 5.92 Å². The van der Waals surface area contributed by atoms with Crippen LogP contribution < -0.4 is 10.2 Å². The Kier molecular flexibility index (Phi) is 3.50. The molecule has 1 aliphatic rings. The van der Waals surface area contributed by atoms with Gasteiger partial charge in [-0.3, -0.25) is 0 Å². The van der Waals surface area contributed by atoms with Gasteiger partial charge >= 0.3 is 0 Å². The SMILES string of the molecule is CC(C)CNc1cnnc(N2CCc3ccccc32)n1. The summed E-state index contributed by atoms with van der Waals surface area (Å²) in [5.74, 6) is 2.03. The zero-order chi connectivity index (χ0) is 13.9. The number of aromatic nitrogens is 3. The van der Waals surface area contributed by atoms with E-state index in [0.29, 0.717) is 11.9 Å². The standard InChI is InChI=1S/C15H19N5/c1-11(2)9-16-14-10-17-19-15(18-14)20-8-7-12-5-3-4-6-13(12)20/h3-6,10-11H,7-9H2,1-2H3,(H,16,18,19). The van der Waals surface area contributed by atoms with Gasteiger partial charge in [-0.25, -0.2) is 0 Å². The Balaban J connectivity index is 1.83. The Bertz CT molecular complexity index is 596. The lowest BCUT2D eigenvalue weighted by molar-refractivity contribution is 0.685. The maximum Gasteiger partial charge on any atom is 0.251 e. The molecule has 0 spiro atoms. The average molecular weight is 269 g/mol. The second-order valence-electron chi connectivity index (χ2n) is 5.45. The molecule has 0 atom stereocenters. The monoisotopic (exact) mass is 269 g/mol. The van der Waals surface area contributed by atoms with Crippen molar-refractivity contribution in [2.24, 2.45) is 5.92 Å². The summed E-state index contributed by atoms with van der Waals surface area (Å²) in [5.41, 5.74) is 2.53. The number of anilines is 3. The average Bonchev–Trinajstić information content (AvgIpc) is 2.89. The number of hydrogen-bond acceptors (Lipinski definition) is 5. The largest absolute Gasteiger partial charge is 0.368 e. The summed E-state index contributed by atoms with van der Waals surface area (Å²) in [4.78, 5) is 6.69. The Morgan fingerprint density at radius 1 is 1.30 bits per heavy atom. The molecule has 5 heteroatoms. The number of hydrogen-bond donors (Lipinski definition) is 1. The first-order chi connectivity index (χ1) is 9.74. The van der Waals surface area contributed by atoms with Crippen molar-refractivity contribution in [3.05, 3.63) is 36.0 Å². The van der Waals surface area contributed by atoms with Crippen LogP contribution in [0.3, 0.4) is 0 Å². The van der Waals surface area contributed by atoms with Crippen LogP contribution in [-0.2, 0) is 6.42 Å². The van der Waals surface area contributed by atoms with Crippen LogP contribution in [0.2, 0.25) is 0 Å². The molecule has 2 aromatic rings. The number of benzene rings is 1. The smallest absolute Gasteiger partial charge is 0.251 e.